The first-order chi connectivity index (χ1) is 13.5. The number of aryl methyl sites for hydroxylation is 1. The Morgan fingerprint density at radius 2 is 1.86 bits per heavy atom. The number of carbonyl (C=O) groups excluding carboxylic acids is 2. The number of anilines is 1. The largest absolute Gasteiger partial charge is 0.497 e. The number of amides is 2. The second kappa shape index (κ2) is 8.89. The molecule has 1 heterocycles. The Morgan fingerprint density at radius 3 is 2.46 bits per heavy atom. The highest BCUT2D eigenvalue weighted by Gasteiger charge is 2.41. The number of carbonyl (C=O) groups is 2. The van der Waals surface area contributed by atoms with Gasteiger partial charge in [-0.05, 0) is 43.2 Å². The summed E-state index contributed by atoms with van der Waals surface area (Å²) in [5, 5.41) is 2.89. The van der Waals surface area contributed by atoms with Crippen LogP contribution in [-0.4, -0.2) is 32.0 Å². The number of nitrogens with zero attached hydrogens (tertiary/aromatic N) is 1. The van der Waals surface area contributed by atoms with Crippen molar-refractivity contribution < 1.29 is 14.3 Å². The van der Waals surface area contributed by atoms with Gasteiger partial charge in [-0.25, -0.2) is 0 Å². The van der Waals surface area contributed by atoms with E-state index in [0.29, 0.717) is 25.9 Å². The van der Waals surface area contributed by atoms with Crippen molar-refractivity contribution >= 4 is 17.5 Å². The van der Waals surface area contributed by atoms with Crippen LogP contribution in [0.2, 0.25) is 0 Å². The van der Waals surface area contributed by atoms with Crippen molar-refractivity contribution in [3.63, 3.8) is 0 Å². The highest BCUT2D eigenvalue weighted by atomic mass is 16.5. The van der Waals surface area contributed by atoms with Gasteiger partial charge in [-0.15, -0.1) is 0 Å². The van der Waals surface area contributed by atoms with Gasteiger partial charge < -0.3 is 20.7 Å². The fourth-order valence-electron chi connectivity index (χ4n) is 3.69. The van der Waals surface area contributed by atoms with Crippen LogP contribution in [0.15, 0.2) is 48.5 Å². The van der Waals surface area contributed by atoms with Crippen molar-refractivity contribution in [1.29, 1.82) is 0 Å². The summed E-state index contributed by atoms with van der Waals surface area (Å²) in [6, 6.07) is 15.0. The summed E-state index contributed by atoms with van der Waals surface area (Å²) in [5.74, 6) is 0.333. The third-order valence-corrected chi connectivity index (χ3v) is 5.15. The van der Waals surface area contributed by atoms with Gasteiger partial charge in [0.15, 0.2) is 0 Å². The number of ether oxygens (including phenoxy) is 1. The maximum absolute atomic E-state index is 12.9. The van der Waals surface area contributed by atoms with Gasteiger partial charge in [0.05, 0.1) is 19.1 Å². The van der Waals surface area contributed by atoms with Crippen LogP contribution in [-0.2, 0) is 9.59 Å². The first-order valence-electron chi connectivity index (χ1n) is 9.55. The molecular formula is C22H27N3O3. The molecule has 6 nitrogen and oxygen atoms in total. The number of piperidine rings is 1. The van der Waals surface area contributed by atoms with Gasteiger partial charge in [0.2, 0.25) is 11.8 Å². The minimum atomic E-state index is -0.382. The van der Waals surface area contributed by atoms with Crippen LogP contribution in [0.5, 0.6) is 5.75 Å². The van der Waals surface area contributed by atoms with Gasteiger partial charge in [-0.2, -0.15) is 0 Å². The molecule has 28 heavy (non-hydrogen) atoms. The third-order valence-electron chi connectivity index (χ3n) is 5.15. The average molecular weight is 381 g/mol. The Morgan fingerprint density at radius 1 is 1.18 bits per heavy atom. The topological polar surface area (TPSA) is 84.7 Å². The van der Waals surface area contributed by atoms with E-state index in [2.05, 4.69) is 5.32 Å². The summed E-state index contributed by atoms with van der Waals surface area (Å²) >= 11 is 0. The Bertz CT molecular complexity index is 818. The molecule has 1 fully saturated rings. The summed E-state index contributed by atoms with van der Waals surface area (Å²) < 4.78 is 5.26. The molecule has 1 aliphatic heterocycles. The highest BCUT2D eigenvalue weighted by molar-refractivity contribution is 5.97. The minimum Gasteiger partial charge on any atom is -0.497 e. The molecule has 6 heteroatoms. The lowest BCUT2D eigenvalue weighted by atomic mass is 9.83. The lowest BCUT2D eigenvalue weighted by molar-refractivity contribution is -0.129. The van der Waals surface area contributed by atoms with Gasteiger partial charge in [-0.3, -0.25) is 9.59 Å². The average Bonchev–Trinajstić information content (AvgIpc) is 2.72. The number of nitrogens with one attached hydrogen (secondary N) is 1. The van der Waals surface area contributed by atoms with Crippen molar-refractivity contribution in [2.24, 2.45) is 11.7 Å². The smallest absolute Gasteiger partial charge is 0.227 e. The van der Waals surface area contributed by atoms with Crippen LogP contribution in [0, 0.1) is 12.8 Å². The van der Waals surface area contributed by atoms with Gasteiger partial charge in [-0.1, -0.05) is 29.8 Å². The highest BCUT2D eigenvalue weighted by Crippen LogP contribution is 2.40. The number of nitrogens with two attached hydrogens (primary N) is 1. The van der Waals surface area contributed by atoms with Crippen LogP contribution in [0.1, 0.15) is 30.0 Å². The Labute approximate surface area is 165 Å². The van der Waals surface area contributed by atoms with E-state index in [-0.39, 0.29) is 23.8 Å². The zero-order valence-electron chi connectivity index (χ0n) is 16.4. The molecule has 2 amide bonds. The number of hydrogen-bond donors (Lipinski definition) is 2. The molecule has 2 unspecified atom stereocenters. The zero-order valence-corrected chi connectivity index (χ0v) is 16.4. The lowest BCUT2D eigenvalue weighted by Crippen LogP contribution is -2.48. The van der Waals surface area contributed by atoms with Crippen LogP contribution in [0.4, 0.5) is 5.69 Å². The van der Waals surface area contributed by atoms with E-state index in [1.165, 1.54) is 0 Å². The second-order valence-corrected chi connectivity index (χ2v) is 7.04. The summed E-state index contributed by atoms with van der Waals surface area (Å²) in [6.45, 7) is 2.81. The quantitative estimate of drug-likeness (QED) is 0.805. The van der Waals surface area contributed by atoms with E-state index in [4.69, 9.17) is 10.5 Å². The third kappa shape index (κ3) is 4.17. The minimum absolute atomic E-state index is 0.0209. The summed E-state index contributed by atoms with van der Waals surface area (Å²) in [4.78, 5) is 27.6. The summed E-state index contributed by atoms with van der Waals surface area (Å²) in [6.07, 6.45) is 0.843. The molecule has 3 rings (SSSR count). The molecule has 2 atom stereocenters. The molecule has 2 aromatic rings. The predicted octanol–water partition coefficient (Wildman–Crippen LogP) is 2.56. The Hall–Kier alpha value is -2.86. The summed E-state index contributed by atoms with van der Waals surface area (Å²) in [7, 11) is 1.61. The van der Waals surface area contributed by atoms with Crippen molar-refractivity contribution in [3.05, 3.63) is 59.7 Å². The molecular weight excluding hydrogens is 354 g/mol. The summed E-state index contributed by atoms with van der Waals surface area (Å²) in [5.41, 5.74) is 8.37. The first kappa shape index (κ1) is 19.9. The van der Waals surface area contributed by atoms with Crippen molar-refractivity contribution in [1.82, 2.24) is 5.32 Å². The number of hydrogen-bond acceptors (Lipinski definition) is 4. The van der Waals surface area contributed by atoms with Crippen LogP contribution in [0.25, 0.3) is 0 Å². The maximum Gasteiger partial charge on any atom is 0.227 e. The molecule has 0 aromatic heterocycles. The SMILES string of the molecule is COc1ccc(C2C(C(=O)NCCN)CCC(=O)N2c2ccc(C)cc2)cc1. The molecule has 1 aliphatic rings. The molecule has 0 radical (unpaired) electrons. The van der Waals surface area contributed by atoms with Crippen molar-refractivity contribution in [2.75, 3.05) is 25.1 Å². The van der Waals surface area contributed by atoms with Crippen LogP contribution >= 0.6 is 0 Å². The fourth-order valence-corrected chi connectivity index (χ4v) is 3.69. The van der Waals surface area contributed by atoms with E-state index in [0.717, 1.165) is 22.6 Å². The normalized spacial score (nSPS) is 19.4. The molecule has 148 valence electrons. The molecule has 0 bridgehead atoms. The van der Waals surface area contributed by atoms with Crippen molar-refractivity contribution in [2.45, 2.75) is 25.8 Å². The molecule has 2 aromatic carbocycles. The molecule has 0 spiro atoms. The fraction of sp³-hybridized carbons (Fsp3) is 0.364. The van der Waals surface area contributed by atoms with Gasteiger partial charge in [0.25, 0.3) is 0 Å². The van der Waals surface area contributed by atoms with Crippen LogP contribution in [0.3, 0.4) is 0 Å². The van der Waals surface area contributed by atoms with Gasteiger partial charge in [0, 0.05) is 25.2 Å². The standard InChI is InChI=1S/C22H27N3O3/c1-15-3-7-17(8-4-15)25-20(26)12-11-19(22(27)24-14-13-23)21(25)16-5-9-18(28-2)10-6-16/h3-10,19,21H,11-14,23H2,1-2H3,(H,24,27). The lowest BCUT2D eigenvalue weighted by Gasteiger charge is -2.41. The number of benzene rings is 2. The molecule has 0 saturated carbocycles. The number of methoxy groups -OCH3 is 1. The molecule has 0 aliphatic carbocycles. The van der Waals surface area contributed by atoms with E-state index in [9.17, 15) is 9.59 Å². The number of rotatable bonds is 6. The zero-order chi connectivity index (χ0) is 20.1. The molecule has 3 N–H and O–H groups in total. The maximum atomic E-state index is 12.9. The van der Waals surface area contributed by atoms with E-state index >= 15 is 0 Å². The second-order valence-electron chi connectivity index (χ2n) is 7.04. The van der Waals surface area contributed by atoms with E-state index in [1.54, 1.807) is 12.0 Å². The predicted molar refractivity (Wildman–Crippen MR) is 109 cm³/mol. The molecule has 1 saturated heterocycles. The Kier molecular flexibility index (Phi) is 6.31. The Balaban J connectivity index is 2.03. The van der Waals surface area contributed by atoms with E-state index in [1.807, 2.05) is 55.5 Å². The van der Waals surface area contributed by atoms with E-state index < -0.39 is 0 Å². The van der Waals surface area contributed by atoms with Gasteiger partial charge >= 0.3 is 0 Å². The monoisotopic (exact) mass is 381 g/mol. The van der Waals surface area contributed by atoms with Crippen molar-refractivity contribution in [3.8, 4) is 5.75 Å². The van der Waals surface area contributed by atoms with Crippen LogP contribution < -0.4 is 20.7 Å². The first-order valence-corrected chi connectivity index (χ1v) is 9.55. The van der Waals surface area contributed by atoms with Gasteiger partial charge in [0.1, 0.15) is 5.75 Å².